The lowest BCUT2D eigenvalue weighted by atomic mass is 10.1. The number of aliphatic hydroxyl groups excluding tert-OH is 1. The predicted octanol–water partition coefficient (Wildman–Crippen LogP) is 3.73. The van der Waals surface area contributed by atoms with Crippen LogP contribution in [0.1, 0.15) is 15.9 Å². The number of carbonyl (C=O) groups is 1. The SMILES string of the molecule is COc1ccc(/C(O)=C/n2n[n+](CC(=O)c3ccccc3)c3ccccc32)cc1. The van der Waals surface area contributed by atoms with Crippen molar-refractivity contribution < 1.29 is 19.3 Å². The minimum atomic E-state index is -0.0330. The van der Waals surface area contributed by atoms with Crippen LogP contribution in [0, 0.1) is 0 Å². The summed E-state index contributed by atoms with van der Waals surface area (Å²) in [5.41, 5.74) is 2.86. The van der Waals surface area contributed by atoms with E-state index in [9.17, 15) is 9.90 Å². The first kappa shape index (κ1) is 18.4. The van der Waals surface area contributed by atoms with E-state index >= 15 is 0 Å². The minimum Gasteiger partial charge on any atom is -0.504 e. The van der Waals surface area contributed by atoms with E-state index in [1.165, 1.54) is 6.20 Å². The summed E-state index contributed by atoms with van der Waals surface area (Å²) in [6.45, 7) is 0.106. The van der Waals surface area contributed by atoms with Gasteiger partial charge in [-0.1, -0.05) is 47.1 Å². The second-order valence-corrected chi connectivity index (χ2v) is 6.51. The molecule has 0 bridgehead atoms. The maximum absolute atomic E-state index is 12.6. The average molecular weight is 386 g/mol. The van der Waals surface area contributed by atoms with Gasteiger partial charge in [0.1, 0.15) is 5.75 Å². The lowest BCUT2D eigenvalue weighted by molar-refractivity contribution is -0.719. The molecule has 0 amide bonds. The van der Waals surface area contributed by atoms with E-state index in [-0.39, 0.29) is 18.1 Å². The van der Waals surface area contributed by atoms with Gasteiger partial charge in [0.15, 0.2) is 24.0 Å². The molecular weight excluding hydrogens is 366 g/mol. The Hall–Kier alpha value is -3.93. The second kappa shape index (κ2) is 7.98. The number of para-hydroxylation sites is 2. The van der Waals surface area contributed by atoms with E-state index in [4.69, 9.17) is 4.74 Å². The third-order valence-corrected chi connectivity index (χ3v) is 4.63. The zero-order chi connectivity index (χ0) is 20.2. The smallest absolute Gasteiger partial charge is 0.206 e. The number of carbonyl (C=O) groups excluding carboxylic acids is 1. The van der Waals surface area contributed by atoms with Crippen molar-refractivity contribution in [2.24, 2.45) is 0 Å². The molecule has 0 radical (unpaired) electrons. The Kier molecular flexibility index (Phi) is 5.07. The van der Waals surface area contributed by atoms with Crippen molar-refractivity contribution in [3.05, 3.63) is 90.0 Å². The lowest BCUT2D eigenvalue weighted by Gasteiger charge is -2.01. The van der Waals surface area contributed by atoms with Gasteiger partial charge in [0, 0.05) is 11.1 Å². The molecule has 0 atom stereocenters. The van der Waals surface area contributed by atoms with E-state index in [0.717, 1.165) is 11.0 Å². The average Bonchev–Trinajstić information content (AvgIpc) is 3.11. The summed E-state index contributed by atoms with van der Waals surface area (Å²) in [6, 6.07) is 23.8. The Labute approximate surface area is 167 Å². The topological polar surface area (TPSA) is 68.2 Å². The number of nitrogens with zero attached hydrogens (tertiary/aromatic N) is 3. The van der Waals surface area contributed by atoms with Gasteiger partial charge < -0.3 is 9.84 Å². The van der Waals surface area contributed by atoms with Crippen LogP contribution in [0.5, 0.6) is 5.75 Å². The molecule has 4 rings (SSSR count). The number of aromatic nitrogens is 3. The molecule has 4 aromatic rings. The van der Waals surface area contributed by atoms with Gasteiger partial charge in [-0.3, -0.25) is 4.79 Å². The van der Waals surface area contributed by atoms with Crippen molar-refractivity contribution in [2.75, 3.05) is 7.11 Å². The number of benzene rings is 3. The number of fused-ring (bicyclic) bond motifs is 1. The van der Waals surface area contributed by atoms with Crippen LogP contribution in [0.3, 0.4) is 0 Å². The van der Waals surface area contributed by atoms with Crippen molar-refractivity contribution in [1.82, 2.24) is 9.90 Å². The molecule has 0 aliphatic carbocycles. The van der Waals surface area contributed by atoms with Crippen LogP contribution in [0.15, 0.2) is 78.9 Å². The highest BCUT2D eigenvalue weighted by Gasteiger charge is 2.20. The van der Waals surface area contributed by atoms with Crippen molar-refractivity contribution >= 4 is 28.8 Å². The fourth-order valence-electron chi connectivity index (χ4n) is 3.10. The highest BCUT2D eigenvalue weighted by atomic mass is 16.5. The number of methoxy groups -OCH3 is 1. The van der Waals surface area contributed by atoms with E-state index < -0.39 is 0 Å². The first-order chi connectivity index (χ1) is 14.2. The summed E-state index contributed by atoms with van der Waals surface area (Å²) in [4.78, 5) is 12.6. The standard InChI is InChI=1S/C23H19N3O3/c1-29-19-13-11-18(12-14-19)23(28)16-26-21-10-6-5-9-20(21)25(24-26)15-22(27)17-7-3-2-4-8-17/h2-14,16H,15H2,1H3/p+1. The van der Waals surface area contributed by atoms with Crippen LogP contribution < -0.4 is 9.42 Å². The number of ether oxygens (including phenoxy) is 1. The molecule has 0 saturated carbocycles. The number of ketones is 1. The number of rotatable bonds is 6. The summed E-state index contributed by atoms with van der Waals surface area (Å²) in [5, 5.41) is 15.1. The van der Waals surface area contributed by atoms with E-state index in [1.54, 1.807) is 52.9 Å². The summed E-state index contributed by atoms with van der Waals surface area (Å²) >= 11 is 0. The highest BCUT2D eigenvalue weighted by molar-refractivity contribution is 5.95. The van der Waals surface area contributed by atoms with Crippen LogP contribution >= 0.6 is 0 Å². The molecule has 1 N–H and O–H groups in total. The Morgan fingerprint density at radius 3 is 2.41 bits per heavy atom. The third-order valence-electron chi connectivity index (χ3n) is 4.63. The Morgan fingerprint density at radius 2 is 1.69 bits per heavy atom. The van der Waals surface area contributed by atoms with Gasteiger partial charge in [-0.05, 0) is 36.4 Å². The number of aliphatic hydroxyl groups is 1. The Balaban J connectivity index is 1.69. The molecule has 1 aromatic heterocycles. The molecule has 144 valence electrons. The molecule has 0 spiro atoms. The molecule has 0 unspecified atom stereocenters. The molecular formula is C23H20N3O3+. The monoisotopic (exact) mass is 386 g/mol. The molecule has 3 aromatic carbocycles. The largest absolute Gasteiger partial charge is 0.504 e. The lowest BCUT2D eigenvalue weighted by Crippen LogP contribution is -2.40. The normalized spacial score (nSPS) is 11.6. The zero-order valence-corrected chi connectivity index (χ0v) is 15.9. The van der Waals surface area contributed by atoms with Crippen LogP contribution in [-0.4, -0.2) is 27.9 Å². The fraction of sp³-hybridized carbons (Fsp3) is 0.0870. The Bertz CT molecular complexity index is 1180. The maximum Gasteiger partial charge on any atom is 0.206 e. The third kappa shape index (κ3) is 3.87. The summed E-state index contributed by atoms with van der Waals surface area (Å²) < 4.78 is 8.37. The van der Waals surface area contributed by atoms with Crippen molar-refractivity contribution in [2.45, 2.75) is 6.54 Å². The number of Topliss-reactive ketones (excluding diaryl/α,β-unsaturated/α-hetero) is 1. The molecule has 0 fully saturated rings. The Morgan fingerprint density at radius 1 is 1.00 bits per heavy atom. The highest BCUT2D eigenvalue weighted by Crippen LogP contribution is 2.18. The van der Waals surface area contributed by atoms with Crippen molar-refractivity contribution in [3.63, 3.8) is 0 Å². The van der Waals surface area contributed by atoms with Crippen LogP contribution in [0.2, 0.25) is 0 Å². The zero-order valence-electron chi connectivity index (χ0n) is 15.9. The molecule has 0 aliphatic heterocycles. The molecule has 29 heavy (non-hydrogen) atoms. The summed E-state index contributed by atoms with van der Waals surface area (Å²) in [7, 11) is 1.59. The fourth-order valence-corrected chi connectivity index (χ4v) is 3.10. The van der Waals surface area contributed by atoms with Gasteiger partial charge in [-0.2, -0.15) is 0 Å². The van der Waals surface area contributed by atoms with Gasteiger partial charge in [0.2, 0.25) is 11.3 Å². The first-order valence-electron chi connectivity index (χ1n) is 9.16. The second-order valence-electron chi connectivity index (χ2n) is 6.51. The number of hydrogen-bond acceptors (Lipinski definition) is 4. The number of hydrogen-bond donors (Lipinski definition) is 1. The van der Waals surface area contributed by atoms with Crippen LogP contribution in [0.4, 0.5) is 0 Å². The van der Waals surface area contributed by atoms with Crippen molar-refractivity contribution in [1.29, 1.82) is 0 Å². The van der Waals surface area contributed by atoms with E-state index in [1.807, 2.05) is 42.5 Å². The predicted molar refractivity (Wildman–Crippen MR) is 110 cm³/mol. The minimum absolute atomic E-state index is 0.0330. The van der Waals surface area contributed by atoms with Crippen molar-refractivity contribution in [3.8, 4) is 5.75 Å². The maximum atomic E-state index is 12.6. The molecule has 6 heteroatoms. The molecule has 6 nitrogen and oxygen atoms in total. The molecule has 0 aliphatic rings. The summed E-state index contributed by atoms with van der Waals surface area (Å²) in [6.07, 6.45) is 1.54. The summed E-state index contributed by atoms with van der Waals surface area (Å²) in [5.74, 6) is 0.736. The van der Waals surface area contributed by atoms with Gasteiger partial charge >= 0.3 is 0 Å². The van der Waals surface area contributed by atoms with Gasteiger partial charge in [-0.15, -0.1) is 4.68 Å². The first-order valence-corrected chi connectivity index (χ1v) is 9.16. The molecule has 1 heterocycles. The van der Waals surface area contributed by atoms with Gasteiger partial charge in [0.05, 0.1) is 12.3 Å². The van der Waals surface area contributed by atoms with Crippen LogP contribution in [-0.2, 0) is 6.54 Å². The van der Waals surface area contributed by atoms with E-state index in [0.29, 0.717) is 16.9 Å². The van der Waals surface area contributed by atoms with Gasteiger partial charge in [-0.25, -0.2) is 0 Å². The van der Waals surface area contributed by atoms with Gasteiger partial charge in [0.25, 0.3) is 0 Å². The molecule has 0 saturated heterocycles. The quantitative estimate of drug-likeness (QED) is 0.311. The van der Waals surface area contributed by atoms with Crippen LogP contribution in [0.25, 0.3) is 23.0 Å². The van der Waals surface area contributed by atoms with E-state index in [2.05, 4.69) is 5.21 Å².